The molecule has 0 spiro atoms. The highest BCUT2D eigenvalue weighted by molar-refractivity contribution is 5.84. The van der Waals surface area contributed by atoms with Gasteiger partial charge in [0.1, 0.15) is 0 Å². The van der Waals surface area contributed by atoms with Crippen LogP contribution in [0.5, 0.6) is 0 Å². The molecule has 1 amide bonds. The van der Waals surface area contributed by atoms with Crippen molar-refractivity contribution >= 4 is 11.9 Å². The molecule has 0 unspecified atom stereocenters. The van der Waals surface area contributed by atoms with Gasteiger partial charge in [0.15, 0.2) is 5.96 Å². The van der Waals surface area contributed by atoms with Crippen LogP contribution in [-0.4, -0.2) is 99.6 Å². The summed E-state index contributed by atoms with van der Waals surface area (Å²) < 4.78 is 0. The van der Waals surface area contributed by atoms with E-state index in [-0.39, 0.29) is 11.3 Å². The van der Waals surface area contributed by atoms with Crippen molar-refractivity contribution in [1.29, 1.82) is 0 Å². The first-order chi connectivity index (χ1) is 13.0. The number of carbonyl (C=O) groups excluding carboxylic acids is 1. The normalized spacial score (nSPS) is 21.3. The molecule has 7 nitrogen and oxygen atoms in total. The number of rotatable bonds is 8. The van der Waals surface area contributed by atoms with Gasteiger partial charge in [0.25, 0.3) is 0 Å². The van der Waals surface area contributed by atoms with Crippen molar-refractivity contribution in [3.63, 3.8) is 0 Å². The molecular formula is C20H40N6O. The first-order valence-electron chi connectivity index (χ1n) is 10.7. The van der Waals surface area contributed by atoms with Gasteiger partial charge >= 0.3 is 0 Å². The number of piperazine rings is 1. The third-order valence-corrected chi connectivity index (χ3v) is 5.94. The van der Waals surface area contributed by atoms with E-state index in [4.69, 9.17) is 4.99 Å². The van der Waals surface area contributed by atoms with Crippen LogP contribution in [-0.2, 0) is 4.79 Å². The molecule has 0 atom stereocenters. The minimum absolute atomic E-state index is 0.230. The van der Waals surface area contributed by atoms with Crippen LogP contribution in [0.2, 0.25) is 0 Å². The lowest BCUT2D eigenvalue weighted by Crippen LogP contribution is -2.49. The highest BCUT2D eigenvalue weighted by Crippen LogP contribution is 2.39. The van der Waals surface area contributed by atoms with Crippen molar-refractivity contribution in [2.24, 2.45) is 10.4 Å². The van der Waals surface area contributed by atoms with Gasteiger partial charge in [-0.1, -0.05) is 19.8 Å². The molecule has 1 aliphatic carbocycles. The van der Waals surface area contributed by atoms with E-state index in [1.165, 1.54) is 13.1 Å². The van der Waals surface area contributed by atoms with Gasteiger partial charge < -0.3 is 20.4 Å². The molecule has 27 heavy (non-hydrogen) atoms. The Morgan fingerprint density at radius 1 is 1.04 bits per heavy atom. The summed E-state index contributed by atoms with van der Waals surface area (Å²) >= 11 is 0. The molecule has 0 bridgehead atoms. The Bertz CT molecular complexity index is 479. The predicted molar refractivity (Wildman–Crippen MR) is 112 cm³/mol. The molecule has 1 saturated carbocycles. The number of likely N-dealkylation sites (N-methyl/N-ethyl adjacent to an activating group) is 1. The van der Waals surface area contributed by atoms with Crippen molar-refractivity contribution in [3.8, 4) is 0 Å². The Morgan fingerprint density at radius 3 is 2.22 bits per heavy atom. The van der Waals surface area contributed by atoms with E-state index in [2.05, 4.69) is 34.3 Å². The van der Waals surface area contributed by atoms with Crippen molar-refractivity contribution in [1.82, 2.24) is 25.3 Å². The third kappa shape index (κ3) is 6.35. The molecule has 1 heterocycles. The van der Waals surface area contributed by atoms with Gasteiger partial charge in [0.2, 0.25) is 5.91 Å². The van der Waals surface area contributed by atoms with Gasteiger partial charge in [-0.15, -0.1) is 0 Å². The number of hydrogen-bond acceptors (Lipinski definition) is 4. The fraction of sp³-hybridized carbons (Fsp3) is 0.900. The molecule has 7 heteroatoms. The SMILES string of the molecule is CCNC(=NCC1(C(=O)N(C)C)CCCC1)NCCN1CCN(CC)CC1. The number of hydrogen-bond donors (Lipinski definition) is 2. The maximum Gasteiger partial charge on any atom is 0.230 e. The maximum atomic E-state index is 12.7. The Balaban J connectivity index is 1.85. The van der Waals surface area contributed by atoms with E-state index in [0.29, 0.717) is 6.54 Å². The number of guanidine groups is 1. The first-order valence-corrected chi connectivity index (χ1v) is 10.7. The molecule has 0 aromatic carbocycles. The molecule has 2 rings (SSSR count). The summed E-state index contributed by atoms with van der Waals surface area (Å²) in [6, 6.07) is 0. The van der Waals surface area contributed by atoms with Crippen molar-refractivity contribution in [2.75, 3.05) is 73.0 Å². The van der Waals surface area contributed by atoms with Gasteiger partial charge in [-0.05, 0) is 26.3 Å². The molecular weight excluding hydrogens is 340 g/mol. The zero-order chi connectivity index (χ0) is 19.7. The van der Waals surface area contributed by atoms with Crippen LogP contribution in [0.3, 0.4) is 0 Å². The van der Waals surface area contributed by atoms with E-state index >= 15 is 0 Å². The summed E-state index contributed by atoms with van der Waals surface area (Å²) in [6.45, 7) is 13.4. The second-order valence-corrected chi connectivity index (χ2v) is 8.08. The lowest BCUT2D eigenvalue weighted by molar-refractivity contribution is -0.138. The maximum absolute atomic E-state index is 12.7. The molecule has 156 valence electrons. The van der Waals surface area contributed by atoms with Crippen LogP contribution in [0.15, 0.2) is 4.99 Å². The largest absolute Gasteiger partial charge is 0.357 e. The molecule has 1 saturated heterocycles. The summed E-state index contributed by atoms with van der Waals surface area (Å²) in [5.41, 5.74) is -0.303. The second-order valence-electron chi connectivity index (χ2n) is 8.08. The third-order valence-electron chi connectivity index (χ3n) is 5.94. The van der Waals surface area contributed by atoms with Crippen molar-refractivity contribution < 1.29 is 4.79 Å². The minimum atomic E-state index is -0.303. The lowest BCUT2D eigenvalue weighted by Gasteiger charge is -2.34. The van der Waals surface area contributed by atoms with E-state index in [1.54, 1.807) is 4.90 Å². The van der Waals surface area contributed by atoms with Crippen LogP contribution in [0, 0.1) is 5.41 Å². The molecule has 2 aliphatic rings. The molecule has 0 aromatic heterocycles. The quantitative estimate of drug-likeness (QED) is 0.482. The summed E-state index contributed by atoms with van der Waals surface area (Å²) in [5, 5.41) is 6.79. The molecule has 0 radical (unpaired) electrons. The van der Waals surface area contributed by atoms with Gasteiger partial charge in [-0.2, -0.15) is 0 Å². The first kappa shape index (κ1) is 22.0. The fourth-order valence-electron chi connectivity index (χ4n) is 4.20. The highest BCUT2D eigenvalue weighted by atomic mass is 16.2. The lowest BCUT2D eigenvalue weighted by atomic mass is 9.85. The molecule has 2 fully saturated rings. The number of amides is 1. The standard InChI is InChI=1S/C20H40N6O/c1-5-21-19(22-11-12-26-15-13-25(6-2)14-16-26)23-17-20(9-7-8-10-20)18(27)24(3)4/h5-17H2,1-4H3,(H2,21,22,23). The number of carbonyl (C=O) groups is 1. The summed E-state index contributed by atoms with van der Waals surface area (Å²) in [6.07, 6.45) is 4.16. The average Bonchev–Trinajstić information content (AvgIpc) is 3.16. The van der Waals surface area contributed by atoms with Gasteiger partial charge in [-0.3, -0.25) is 14.7 Å². The van der Waals surface area contributed by atoms with Gasteiger partial charge in [0, 0.05) is 59.9 Å². The monoisotopic (exact) mass is 380 g/mol. The zero-order valence-corrected chi connectivity index (χ0v) is 17.9. The van der Waals surface area contributed by atoms with Crippen molar-refractivity contribution in [3.05, 3.63) is 0 Å². The molecule has 1 aliphatic heterocycles. The number of aliphatic imine (C=N–C) groups is 1. The van der Waals surface area contributed by atoms with Crippen LogP contribution in [0.4, 0.5) is 0 Å². The number of nitrogens with zero attached hydrogens (tertiary/aromatic N) is 4. The summed E-state index contributed by atoms with van der Waals surface area (Å²) in [7, 11) is 3.71. The predicted octanol–water partition coefficient (Wildman–Crippen LogP) is 0.828. The van der Waals surface area contributed by atoms with Crippen LogP contribution in [0.25, 0.3) is 0 Å². The van der Waals surface area contributed by atoms with E-state index in [9.17, 15) is 4.79 Å². The van der Waals surface area contributed by atoms with Crippen molar-refractivity contribution in [2.45, 2.75) is 39.5 Å². The Morgan fingerprint density at radius 2 is 1.67 bits per heavy atom. The van der Waals surface area contributed by atoms with Gasteiger partial charge in [-0.25, -0.2) is 0 Å². The van der Waals surface area contributed by atoms with E-state index in [0.717, 1.165) is 70.9 Å². The minimum Gasteiger partial charge on any atom is -0.357 e. The topological polar surface area (TPSA) is 63.2 Å². The smallest absolute Gasteiger partial charge is 0.230 e. The van der Waals surface area contributed by atoms with Crippen LogP contribution < -0.4 is 10.6 Å². The van der Waals surface area contributed by atoms with Crippen LogP contribution in [0.1, 0.15) is 39.5 Å². The molecule has 2 N–H and O–H groups in total. The van der Waals surface area contributed by atoms with E-state index in [1.807, 2.05) is 14.1 Å². The highest BCUT2D eigenvalue weighted by Gasteiger charge is 2.42. The molecule has 0 aromatic rings. The second kappa shape index (κ2) is 10.9. The Hall–Kier alpha value is -1.34. The summed E-state index contributed by atoms with van der Waals surface area (Å²) in [4.78, 5) is 24.3. The van der Waals surface area contributed by atoms with Gasteiger partial charge in [0.05, 0.1) is 12.0 Å². The number of nitrogens with one attached hydrogen (secondary N) is 2. The fourth-order valence-corrected chi connectivity index (χ4v) is 4.20. The van der Waals surface area contributed by atoms with E-state index < -0.39 is 0 Å². The van der Waals surface area contributed by atoms with Crippen LogP contribution >= 0.6 is 0 Å². The Labute approximate surface area is 165 Å². The Kier molecular flexibility index (Phi) is 8.83. The average molecular weight is 381 g/mol. The zero-order valence-electron chi connectivity index (χ0n) is 17.9. The summed E-state index contributed by atoms with van der Waals surface area (Å²) in [5.74, 6) is 1.07.